The molecule has 0 atom stereocenters. The lowest BCUT2D eigenvalue weighted by atomic mass is 10.1. The van der Waals surface area contributed by atoms with Crippen LogP contribution in [0.1, 0.15) is 32.3 Å². The van der Waals surface area contributed by atoms with Crippen LogP contribution in [0, 0.1) is 0 Å². The molecule has 1 aliphatic rings. The van der Waals surface area contributed by atoms with Crippen LogP contribution in [0.3, 0.4) is 0 Å². The Morgan fingerprint density at radius 2 is 1.82 bits per heavy atom. The summed E-state index contributed by atoms with van der Waals surface area (Å²) in [6, 6.07) is 5.09. The van der Waals surface area contributed by atoms with Gasteiger partial charge in [-0.15, -0.1) is 11.3 Å². The van der Waals surface area contributed by atoms with Crippen LogP contribution >= 0.6 is 11.3 Å². The van der Waals surface area contributed by atoms with Crippen LogP contribution in [-0.2, 0) is 23.8 Å². The summed E-state index contributed by atoms with van der Waals surface area (Å²) in [6.45, 7) is 1.58. The van der Waals surface area contributed by atoms with Crippen LogP contribution in [-0.4, -0.2) is 62.7 Å². The summed E-state index contributed by atoms with van der Waals surface area (Å²) in [5.41, 5.74) is 0.631. The monoisotopic (exact) mass is 475 g/mol. The Hall–Kier alpha value is -3.34. The second kappa shape index (κ2) is 9.65. The number of nitrogens with zero attached hydrogens (tertiary/aromatic N) is 5. The number of benzene rings is 1. The number of carbonyl (C=O) groups is 2. The first-order chi connectivity index (χ1) is 15.8. The molecule has 3 aromatic rings. The quantitative estimate of drug-likeness (QED) is 0.567. The summed E-state index contributed by atoms with van der Waals surface area (Å²) in [7, 11) is 0. The number of thiazole rings is 1. The first-order valence-corrected chi connectivity index (χ1v) is 11.1. The van der Waals surface area contributed by atoms with Gasteiger partial charge in [0.25, 0.3) is 5.91 Å². The fourth-order valence-electron chi connectivity index (χ4n) is 3.53. The molecule has 1 aromatic carbocycles. The summed E-state index contributed by atoms with van der Waals surface area (Å²) < 4.78 is 38.7. The van der Waals surface area contributed by atoms with Gasteiger partial charge < -0.3 is 9.80 Å². The topological polar surface area (TPSA) is 79.3 Å². The van der Waals surface area contributed by atoms with Crippen molar-refractivity contribution >= 4 is 23.2 Å². The van der Waals surface area contributed by atoms with Gasteiger partial charge in [0, 0.05) is 56.6 Å². The molecule has 1 aliphatic heterocycles. The van der Waals surface area contributed by atoms with E-state index in [1.807, 2.05) is 0 Å². The zero-order valence-corrected chi connectivity index (χ0v) is 18.3. The Balaban J connectivity index is 1.32. The minimum Gasteiger partial charge on any atom is -0.339 e. The molecule has 172 valence electrons. The van der Waals surface area contributed by atoms with Crippen LogP contribution in [0.25, 0.3) is 0 Å². The average Bonchev–Trinajstić information content (AvgIpc) is 3.27. The number of rotatable bonds is 5. The highest BCUT2D eigenvalue weighted by Crippen LogP contribution is 2.30. The zero-order chi connectivity index (χ0) is 23.4. The summed E-state index contributed by atoms with van der Waals surface area (Å²) in [6.07, 6.45) is 0.602. The maximum atomic E-state index is 12.9. The molecule has 0 bridgehead atoms. The molecule has 0 aliphatic carbocycles. The van der Waals surface area contributed by atoms with Crippen molar-refractivity contribution in [1.29, 1.82) is 0 Å². The van der Waals surface area contributed by atoms with E-state index in [9.17, 15) is 22.8 Å². The van der Waals surface area contributed by atoms with Gasteiger partial charge >= 0.3 is 6.18 Å². The summed E-state index contributed by atoms with van der Waals surface area (Å²) >= 11 is 1.24. The van der Waals surface area contributed by atoms with Gasteiger partial charge in [0.1, 0.15) is 5.69 Å². The molecular formula is C22H20F3N5O2S. The Kier molecular flexibility index (Phi) is 6.68. The molecule has 1 fully saturated rings. The molecular weight excluding hydrogens is 455 g/mol. The number of carbonyl (C=O) groups excluding carboxylic acids is 2. The fourth-order valence-corrected chi connectivity index (χ4v) is 4.33. The van der Waals surface area contributed by atoms with Crippen molar-refractivity contribution in [2.75, 3.05) is 26.2 Å². The molecule has 4 rings (SSSR count). The molecule has 0 saturated carbocycles. The van der Waals surface area contributed by atoms with Gasteiger partial charge in [-0.05, 0) is 11.6 Å². The van der Waals surface area contributed by atoms with Crippen molar-refractivity contribution in [1.82, 2.24) is 24.8 Å². The van der Waals surface area contributed by atoms with Crippen LogP contribution < -0.4 is 0 Å². The maximum Gasteiger partial charge on any atom is 0.416 e. The molecule has 1 saturated heterocycles. The molecule has 3 heterocycles. The molecule has 0 spiro atoms. The molecule has 7 nitrogen and oxygen atoms in total. The van der Waals surface area contributed by atoms with E-state index in [1.54, 1.807) is 33.6 Å². The minimum absolute atomic E-state index is 0.0698. The third-order valence-electron chi connectivity index (χ3n) is 5.25. The second-order valence-electron chi connectivity index (χ2n) is 7.55. The van der Waals surface area contributed by atoms with E-state index in [0.29, 0.717) is 42.4 Å². The number of amides is 2. The Bertz CT molecular complexity index is 1130. The standard InChI is InChI=1S/C22H20F3N5O2S/c23-22(24,25)16-3-1-2-15(10-16)11-19-28-18(14-33-19)21(32)30-8-6-29(7-9-30)20(31)12-17-13-26-4-5-27-17/h1-5,10,13-14H,6-9,11-12H2. The smallest absolute Gasteiger partial charge is 0.339 e. The molecule has 0 radical (unpaired) electrons. The fraction of sp³-hybridized carbons (Fsp3) is 0.318. The van der Waals surface area contributed by atoms with E-state index in [1.165, 1.54) is 23.6 Å². The van der Waals surface area contributed by atoms with Crippen LogP contribution in [0.4, 0.5) is 13.2 Å². The largest absolute Gasteiger partial charge is 0.416 e. The van der Waals surface area contributed by atoms with E-state index in [4.69, 9.17) is 0 Å². The summed E-state index contributed by atoms with van der Waals surface area (Å²) in [5, 5.41) is 2.19. The number of hydrogen-bond donors (Lipinski definition) is 0. The first-order valence-electron chi connectivity index (χ1n) is 10.2. The average molecular weight is 475 g/mol. The van der Waals surface area contributed by atoms with E-state index in [0.717, 1.165) is 12.1 Å². The van der Waals surface area contributed by atoms with Gasteiger partial charge in [0.2, 0.25) is 5.91 Å². The number of hydrogen-bond acceptors (Lipinski definition) is 6. The lowest BCUT2D eigenvalue weighted by molar-refractivity contribution is -0.137. The predicted molar refractivity (Wildman–Crippen MR) is 115 cm³/mol. The predicted octanol–water partition coefficient (Wildman–Crippen LogP) is 3.07. The Morgan fingerprint density at radius 1 is 1.06 bits per heavy atom. The first kappa shape index (κ1) is 22.8. The van der Waals surface area contributed by atoms with E-state index >= 15 is 0 Å². The van der Waals surface area contributed by atoms with Crippen molar-refractivity contribution in [3.63, 3.8) is 0 Å². The second-order valence-corrected chi connectivity index (χ2v) is 8.49. The third-order valence-corrected chi connectivity index (χ3v) is 6.10. The molecule has 0 unspecified atom stereocenters. The summed E-state index contributed by atoms with van der Waals surface area (Å²) in [5.74, 6) is -0.317. The van der Waals surface area contributed by atoms with Crippen molar-refractivity contribution in [2.24, 2.45) is 0 Å². The van der Waals surface area contributed by atoms with Crippen LogP contribution in [0.5, 0.6) is 0 Å². The van der Waals surface area contributed by atoms with Gasteiger partial charge in [-0.3, -0.25) is 19.6 Å². The summed E-state index contributed by atoms with van der Waals surface area (Å²) in [4.78, 5) is 41.0. The Labute approximate surface area is 191 Å². The van der Waals surface area contributed by atoms with Gasteiger partial charge in [-0.25, -0.2) is 4.98 Å². The number of alkyl halides is 3. The maximum absolute atomic E-state index is 12.9. The van der Waals surface area contributed by atoms with Gasteiger partial charge in [-0.1, -0.05) is 18.2 Å². The highest BCUT2D eigenvalue weighted by atomic mass is 32.1. The molecule has 2 aromatic heterocycles. The van der Waals surface area contributed by atoms with Crippen molar-refractivity contribution in [3.8, 4) is 0 Å². The molecule has 11 heteroatoms. The lowest BCUT2D eigenvalue weighted by Gasteiger charge is -2.34. The number of halogens is 3. The molecule has 2 amide bonds. The highest BCUT2D eigenvalue weighted by molar-refractivity contribution is 7.09. The zero-order valence-electron chi connectivity index (χ0n) is 17.5. The van der Waals surface area contributed by atoms with Gasteiger partial charge in [0.05, 0.1) is 22.7 Å². The van der Waals surface area contributed by atoms with Gasteiger partial charge in [0.15, 0.2) is 0 Å². The highest BCUT2D eigenvalue weighted by Gasteiger charge is 2.30. The normalized spacial score (nSPS) is 14.4. The number of piperazine rings is 1. The SMILES string of the molecule is O=C(Cc1cnccn1)N1CCN(C(=O)c2csc(Cc3cccc(C(F)(F)F)c3)n2)CC1. The molecule has 33 heavy (non-hydrogen) atoms. The van der Waals surface area contributed by atoms with Crippen LogP contribution in [0.2, 0.25) is 0 Å². The van der Waals surface area contributed by atoms with Crippen molar-refractivity contribution in [3.05, 3.63) is 75.8 Å². The van der Waals surface area contributed by atoms with Crippen LogP contribution in [0.15, 0.2) is 48.2 Å². The van der Waals surface area contributed by atoms with Crippen molar-refractivity contribution in [2.45, 2.75) is 19.0 Å². The Morgan fingerprint density at radius 3 is 2.52 bits per heavy atom. The third kappa shape index (κ3) is 5.72. The molecule has 0 N–H and O–H groups in total. The van der Waals surface area contributed by atoms with Gasteiger partial charge in [-0.2, -0.15) is 13.2 Å². The van der Waals surface area contributed by atoms with E-state index < -0.39 is 11.7 Å². The lowest BCUT2D eigenvalue weighted by Crippen LogP contribution is -2.51. The number of aromatic nitrogens is 3. The van der Waals surface area contributed by atoms with E-state index in [2.05, 4.69) is 15.0 Å². The van der Waals surface area contributed by atoms with E-state index in [-0.39, 0.29) is 30.3 Å². The van der Waals surface area contributed by atoms with Crippen molar-refractivity contribution < 1.29 is 22.8 Å². The minimum atomic E-state index is -4.40.